The lowest BCUT2D eigenvalue weighted by atomic mass is 10.1. The van der Waals surface area contributed by atoms with E-state index >= 15 is 0 Å². The fourth-order valence-electron chi connectivity index (χ4n) is 2.27. The van der Waals surface area contributed by atoms with Crippen LogP contribution >= 0.6 is 0 Å². The summed E-state index contributed by atoms with van der Waals surface area (Å²) in [6, 6.07) is 13.1. The maximum atomic E-state index is 12.2. The zero-order valence-corrected chi connectivity index (χ0v) is 13.3. The summed E-state index contributed by atoms with van der Waals surface area (Å²) in [5, 5.41) is 14.8. The van der Waals surface area contributed by atoms with Gasteiger partial charge in [-0.2, -0.15) is 5.10 Å². The molecule has 0 aliphatic carbocycles. The smallest absolute Gasteiger partial charge is 0.284 e. The number of carbonyl (C=O) groups excluding carboxylic acids is 1. The number of rotatable bonds is 4. The lowest BCUT2D eigenvalue weighted by Gasteiger charge is -2.24. The van der Waals surface area contributed by atoms with E-state index in [0.29, 0.717) is 22.8 Å². The number of carbonyl (C=O) groups is 1. The maximum absolute atomic E-state index is 12.2. The van der Waals surface area contributed by atoms with Gasteiger partial charge >= 0.3 is 0 Å². The Morgan fingerprint density at radius 1 is 1.24 bits per heavy atom. The van der Waals surface area contributed by atoms with Gasteiger partial charge in [-0.05, 0) is 19.1 Å². The number of nitro benzene ring substituents is 1. The van der Waals surface area contributed by atoms with Crippen LogP contribution in [0.4, 0.5) is 5.69 Å². The number of nitrogens with one attached hydrogen (secondary N) is 1. The van der Waals surface area contributed by atoms with E-state index < -0.39 is 16.9 Å². The first-order valence-electron chi connectivity index (χ1n) is 7.52. The lowest BCUT2D eigenvalue weighted by Crippen LogP contribution is -2.42. The van der Waals surface area contributed by atoms with E-state index in [1.54, 1.807) is 37.3 Å². The minimum atomic E-state index is -0.823. The summed E-state index contributed by atoms with van der Waals surface area (Å²) < 4.78 is 11.1. The van der Waals surface area contributed by atoms with Crippen molar-refractivity contribution in [2.24, 2.45) is 5.10 Å². The number of benzene rings is 2. The summed E-state index contributed by atoms with van der Waals surface area (Å²) in [7, 11) is 0. The third kappa shape index (κ3) is 3.74. The topological polar surface area (TPSA) is 103 Å². The first kappa shape index (κ1) is 16.4. The van der Waals surface area contributed by atoms with Gasteiger partial charge in [-0.1, -0.05) is 24.3 Å². The first-order chi connectivity index (χ1) is 12.0. The van der Waals surface area contributed by atoms with Crippen molar-refractivity contribution in [3.63, 3.8) is 0 Å². The third-order valence-electron chi connectivity index (χ3n) is 3.61. The van der Waals surface area contributed by atoms with Gasteiger partial charge in [0.1, 0.15) is 6.61 Å². The third-order valence-corrected chi connectivity index (χ3v) is 3.61. The number of hydrazone groups is 1. The molecule has 1 N–H and O–H groups in total. The van der Waals surface area contributed by atoms with Gasteiger partial charge in [-0.15, -0.1) is 0 Å². The van der Waals surface area contributed by atoms with Crippen molar-refractivity contribution in [2.45, 2.75) is 13.0 Å². The summed E-state index contributed by atoms with van der Waals surface area (Å²) in [6.07, 6.45) is -0.823. The Morgan fingerprint density at radius 2 is 2.00 bits per heavy atom. The highest BCUT2D eigenvalue weighted by Gasteiger charge is 2.27. The number of fused-ring (bicyclic) bond motifs is 1. The molecule has 0 fully saturated rings. The van der Waals surface area contributed by atoms with E-state index in [9.17, 15) is 14.9 Å². The number of non-ortho nitro benzene ring substituents is 1. The van der Waals surface area contributed by atoms with Crippen LogP contribution in [-0.2, 0) is 4.79 Å². The highest BCUT2D eigenvalue weighted by Crippen LogP contribution is 2.30. The number of nitrogens with zero attached hydrogens (tertiary/aromatic N) is 2. The van der Waals surface area contributed by atoms with Crippen molar-refractivity contribution in [1.29, 1.82) is 0 Å². The molecule has 1 aliphatic heterocycles. The summed E-state index contributed by atoms with van der Waals surface area (Å²) in [5.41, 5.74) is 3.34. The Balaban J connectivity index is 1.66. The van der Waals surface area contributed by atoms with Crippen molar-refractivity contribution in [3.05, 3.63) is 64.2 Å². The quantitative estimate of drug-likeness (QED) is 0.522. The molecular formula is C17H15N3O5. The van der Waals surface area contributed by atoms with Gasteiger partial charge in [0.15, 0.2) is 11.5 Å². The second-order valence-electron chi connectivity index (χ2n) is 5.34. The summed E-state index contributed by atoms with van der Waals surface area (Å²) in [5.74, 6) is 0.621. The second-order valence-corrected chi connectivity index (χ2v) is 5.34. The molecule has 2 aromatic rings. The SMILES string of the molecule is CC(=NNC(=O)[C@H]1COc2ccccc2O1)c1cccc([N+](=O)[O-])c1. The van der Waals surface area contributed by atoms with Gasteiger partial charge in [0.05, 0.1) is 10.6 Å². The normalized spacial score (nSPS) is 16.2. The Bertz CT molecular complexity index is 850. The number of amides is 1. The fourth-order valence-corrected chi connectivity index (χ4v) is 2.27. The van der Waals surface area contributed by atoms with Gasteiger partial charge in [-0.3, -0.25) is 14.9 Å². The molecule has 0 unspecified atom stereocenters. The molecule has 3 rings (SSSR count). The van der Waals surface area contributed by atoms with Gasteiger partial charge in [-0.25, -0.2) is 5.43 Å². The molecule has 128 valence electrons. The number of para-hydroxylation sites is 2. The van der Waals surface area contributed by atoms with Crippen LogP contribution in [0.15, 0.2) is 53.6 Å². The Kier molecular flexibility index (Phi) is 4.60. The van der Waals surface area contributed by atoms with Gasteiger partial charge < -0.3 is 9.47 Å². The molecule has 2 aromatic carbocycles. The average molecular weight is 341 g/mol. The van der Waals surface area contributed by atoms with Crippen LogP contribution in [0.3, 0.4) is 0 Å². The van der Waals surface area contributed by atoms with E-state index in [1.165, 1.54) is 12.1 Å². The molecule has 1 atom stereocenters. The number of hydrogen-bond acceptors (Lipinski definition) is 6. The molecule has 0 saturated heterocycles. The zero-order chi connectivity index (χ0) is 17.8. The van der Waals surface area contributed by atoms with Crippen molar-refractivity contribution in [3.8, 4) is 11.5 Å². The van der Waals surface area contributed by atoms with E-state index in [4.69, 9.17) is 9.47 Å². The minimum Gasteiger partial charge on any atom is -0.485 e. The fraction of sp³-hybridized carbons (Fsp3) is 0.176. The summed E-state index contributed by atoms with van der Waals surface area (Å²) in [6.45, 7) is 1.72. The van der Waals surface area contributed by atoms with Crippen LogP contribution in [-0.4, -0.2) is 29.3 Å². The van der Waals surface area contributed by atoms with E-state index in [0.717, 1.165) is 0 Å². The zero-order valence-electron chi connectivity index (χ0n) is 13.3. The molecule has 8 heteroatoms. The summed E-state index contributed by atoms with van der Waals surface area (Å²) >= 11 is 0. The monoisotopic (exact) mass is 341 g/mol. The molecule has 0 spiro atoms. The maximum Gasteiger partial charge on any atom is 0.284 e. The summed E-state index contributed by atoms with van der Waals surface area (Å²) in [4.78, 5) is 22.5. The van der Waals surface area contributed by atoms with Gasteiger partial charge in [0, 0.05) is 17.7 Å². The molecule has 0 bridgehead atoms. The Morgan fingerprint density at radius 3 is 2.76 bits per heavy atom. The standard InChI is InChI=1S/C17H15N3O5/c1-11(12-5-4-6-13(9-12)20(22)23)18-19-17(21)16-10-24-14-7-2-3-8-15(14)25-16/h2-9,16H,10H2,1H3,(H,19,21)/t16-/m1/s1. The van der Waals surface area contributed by atoms with Crippen molar-refractivity contribution in [2.75, 3.05) is 6.61 Å². The predicted octanol–water partition coefficient (Wildman–Crippen LogP) is 2.28. The van der Waals surface area contributed by atoms with Crippen molar-refractivity contribution < 1.29 is 19.2 Å². The largest absolute Gasteiger partial charge is 0.485 e. The van der Waals surface area contributed by atoms with E-state index in [1.807, 2.05) is 6.07 Å². The molecular weight excluding hydrogens is 326 g/mol. The van der Waals surface area contributed by atoms with E-state index in [2.05, 4.69) is 10.5 Å². The highest BCUT2D eigenvalue weighted by molar-refractivity contribution is 5.99. The molecule has 1 heterocycles. The predicted molar refractivity (Wildman–Crippen MR) is 89.8 cm³/mol. The molecule has 1 amide bonds. The van der Waals surface area contributed by atoms with Crippen LogP contribution < -0.4 is 14.9 Å². The number of ether oxygens (including phenoxy) is 2. The molecule has 0 aromatic heterocycles. The van der Waals surface area contributed by atoms with Crippen LogP contribution in [0.1, 0.15) is 12.5 Å². The molecule has 1 aliphatic rings. The average Bonchev–Trinajstić information content (AvgIpc) is 2.65. The van der Waals surface area contributed by atoms with Crippen LogP contribution in [0, 0.1) is 10.1 Å². The molecule has 0 radical (unpaired) electrons. The highest BCUT2D eigenvalue weighted by atomic mass is 16.6. The van der Waals surface area contributed by atoms with Crippen LogP contribution in [0.5, 0.6) is 11.5 Å². The number of hydrogen-bond donors (Lipinski definition) is 1. The lowest BCUT2D eigenvalue weighted by molar-refractivity contribution is -0.384. The second kappa shape index (κ2) is 7.00. The van der Waals surface area contributed by atoms with E-state index in [-0.39, 0.29) is 12.3 Å². The number of nitro groups is 1. The van der Waals surface area contributed by atoms with Crippen molar-refractivity contribution in [1.82, 2.24) is 5.43 Å². The van der Waals surface area contributed by atoms with Crippen LogP contribution in [0.2, 0.25) is 0 Å². The minimum absolute atomic E-state index is 0.0426. The molecule has 25 heavy (non-hydrogen) atoms. The van der Waals surface area contributed by atoms with Crippen LogP contribution in [0.25, 0.3) is 0 Å². The molecule has 8 nitrogen and oxygen atoms in total. The first-order valence-corrected chi connectivity index (χ1v) is 7.52. The van der Waals surface area contributed by atoms with Gasteiger partial charge in [0.2, 0.25) is 6.10 Å². The van der Waals surface area contributed by atoms with Gasteiger partial charge in [0.25, 0.3) is 11.6 Å². The Labute approximate surface area is 143 Å². The van der Waals surface area contributed by atoms with Crippen molar-refractivity contribution >= 4 is 17.3 Å². The molecule has 0 saturated carbocycles. The Hall–Kier alpha value is -3.42.